The van der Waals surface area contributed by atoms with Crippen LogP contribution in [0.25, 0.3) is 5.57 Å². The topological polar surface area (TPSA) is 133 Å². The van der Waals surface area contributed by atoms with E-state index >= 15 is 0 Å². The predicted octanol–water partition coefficient (Wildman–Crippen LogP) is 1.08. The number of anilines is 1. The lowest BCUT2D eigenvalue weighted by Crippen LogP contribution is -1.94. The molecule has 2 N–H and O–H groups in total. The van der Waals surface area contributed by atoms with Crippen molar-refractivity contribution in [2.24, 2.45) is 0 Å². The summed E-state index contributed by atoms with van der Waals surface area (Å²) in [7, 11) is 0. The van der Waals surface area contributed by atoms with Crippen molar-refractivity contribution in [1.29, 1.82) is 5.26 Å². The van der Waals surface area contributed by atoms with Gasteiger partial charge in [0.05, 0.1) is 4.92 Å². The molecule has 0 unspecified atom stereocenters. The van der Waals surface area contributed by atoms with Crippen molar-refractivity contribution >= 4 is 16.9 Å². The van der Waals surface area contributed by atoms with Crippen LogP contribution in [0.15, 0.2) is 30.5 Å². The number of nitrogens with zero attached hydrogens (tertiary/aromatic N) is 5. The molecule has 0 bridgehead atoms. The molecule has 94 valence electrons. The number of benzene rings is 1. The quantitative estimate of drug-likeness (QED) is 0.475. The third kappa shape index (κ3) is 2.89. The summed E-state index contributed by atoms with van der Waals surface area (Å²) in [4.78, 5) is 10.1. The van der Waals surface area contributed by atoms with Crippen LogP contribution in [-0.4, -0.2) is 25.5 Å². The fraction of sp³-hybridized carbons (Fsp3) is 0. The van der Waals surface area contributed by atoms with E-state index in [1.807, 2.05) is 6.07 Å². The summed E-state index contributed by atoms with van der Waals surface area (Å²) in [5.41, 5.74) is 0.585. The summed E-state index contributed by atoms with van der Waals surface area (Å²) in [6.07, 6.45) is 1.35. The highest BCUT2D eigenvalue weighted by atomic mass is 16.6. The minimum absolute atomic E-state index is 0.0449. The van der Waals surface area contributed by atoms with Crippen LogP contribution in [0.4, 0.5) is 11.4 Å². The molecule has 2 rings (SSSR count). The Kier molecular flexibility index (Phi) is 3.44. The maximum atomic E-state index is 10.6. The molecule has 9 nitrogen and oxygen atoms in total. The second-order valence-electron chi connectivity index (χ2n) is 3.36. The fourth-order valence-electron chi connectivity index (χ4n) is 1.29. The highest BCUT2D eigenvalue weighted by Gasteiger charge is 2.07. The Bertz CT molecular complexity index is 657. The number of non-ortho nitro benzene ring substituents is 1. The van der Waals surface area contributed by atoms with Gasteiger partial charge in [-0.3, -0.25) is 10.1 Å². The zero-order valence-electron chi connectivity index (χ0n) is 9.44. The Morgan fingerprint density at radius 3 is 3.05 bits per heavy atom. The van der Waals surface area contributed by atoms with Crippen LogP contribution >= 0.6 is 0 Å². The van der Waals surface area contributed by atoms with Crippen molar-refractivity contribution in [2.45, 2.75) is 0 Å². The van der Waals surface area contributed by atoms with Crippen LogP contribution in [-0.2, 0) is 0 Å². The van der Waals surface area contributed by atoms with Gasteiger partial charge in [-0.25, -0.2) is 0 Å². The number of H-pyrrole nitrogens is 1. The van der Waals surface area contributed by atoms with Crippen molar-refractivity contribution in [1.82, 2.24) is 20.6 Å². The monoisotopic (exact) mass is 257 g/mol. The van der Waals surface area contributed by atoms with E-state index in [4.69, 9.17) is 5.26 Å². The number of hydrogen-bond acceptors (Lipinski definition) is 7. The van der Waals surface area contributed by atoms with E-state index in [0.29, 0.717) is 5.69 Å². The maximum Gasteiger partial charge on any atom is 0.271 e. The standard InChI is InChI=1S/C10H7N7O2/c11-5-7(10-13-15-16-14-10)6-12-8-2-1-3-9(4-8)17(18)19/h1-4,6,12H,(H,13,14,15,16). The maximum absolute atomic E-state index is 10.6. The van der Waals surface area contributed by atoms with E-state index in [-0.39, 0.29) is 17.1 Å². The van der Waals surface area contributed by atoms with E-state index in [0.717, 1.165) is 0 Å². The van der Waals surface area contributed by atoms with Gasteiger partial charge in [-0.15, -0.1) is 10.2 Å². The van der Waals surface area contributed by atoms with Crippen LogP contribution in [0.3, 0.4) is 0 Å². The first kappa shape index (κ1) is 12.2. The molecule has 9 heteroatoms. The molecule has 1 aromatic heterocycles. The summed E-state index contributed by atoms with van der Waals surface area (Å²) >= 11 is 0. The summed E-state index contributed by atoms with van der Waals surface area (Å²) in [6, 6.07) is 7.79. The lowest BCUT2D eigenvalue weighted by molar-refractivity contribution is -0.384. The first-order chi connectivity index (χ1) is 9.20. The number of rotatable bonds is 4. The van der Waals surface area contributed by atoms with Crippen molar-refractivity contribution in [2.75, 3.05) is 5.32 Å². The van der Waals surface area contributed by atoms with Gasteiger partial charge in [-0.2, -0.15) is 10.5 Å². The number of nitrogens with one attached hydrogen (secondary N) is 2. The third-order valence-electron chi connectivity index (χ3n) is 2.15. The minimum atomic E-state index is -0.501. The molecule has 0 saturated heterocycles. The van der Waals surface area contributed by atoms with Crippen LogP contribution in [0.1, 0.15) is 5.82 Å². The number of tetrazole rings is 1. The SMILES string of the molecule is N#CC(=CNc1cccc([N+](=O)[O-])c1)c1nn[nH]n1. The largest absolute Gasteiger partial charge is 0.360 e. The first-order valence-electron chi connectivity index (χ1n) is 5.06. The number of nitro benzene ring substituents is 1. The van der Waals surface area contributed by atoms with Crippen LogP contribution in [0, 0.1) is 21.4 Å². The second-order valence-corrected chi connectivity index (χ2v) is 3.36. The second kappa shape index (κ2) is 5.37. The van der Waals surface area contributed by atoms with Gasteiger partial charge >= 0.3 is 0 Å². The zero-order valence-corrected chi connectivity index (χ0v) is 9.44. The van der Waals surface area contributed by atoms with Crippen LogP contribution < -0.4 is 5.32 Å². The summed E-state index contributed by atoms with van der Waals surface area (Å²) in [5.74, 6) is 0.139. The Hall–Kier alpha value is -3.28. The zero-order chi connectivity index (χ0) is 13.7. The molecule has 0 atom stereocenters. The van der Waals surface area contributed by atoms with E-state index in [1.165, 1.54) is 24.4 Å². The molecule has 0 aliphatic rings. The smallest absolute Gasteiger partial charge is 0.271 e. The van der Waals surface area contributed by atoms with Crippen molar-refractivity contribution < 1.29 is 4.92 Å². The van der Waals surface area contributed by atoms with Gasteiger partial charge in [0, 0.05) is 24.0 Å². The highest BCUT2D eigenvalue weighted by Crippen LogP contribution is 2.17. The fourth-order valence-corrected chi connectivity index (χ4v) is 1.29. The highest BCUT2D eigenvalue weighted by molar-refractivity contribution is 5.74. The van der Waals surface area contributed by atoms with E-state index in [9.17, 15) is 10.1 Å². The molecule has 0 amide bonds. The predicted molar refractivity (Wildman–Crippen MR) is 64.5 cm³/mol. The van der Waals surface area contributed by atoms with E-state index in [2.05, 4.69) is 25.9 Å². The molecule has 0 saturated carbocycles. The molecular weight excluding hydrogens is 250 g/mol. The van der Waals surface area contributed by atoms with E-state index < -0.39 is 4.92 Å². The summed E-state index contributed by atoms with van der Waals surface area (Å²) in [6.45, 7) is 0. The Morgan fingerprint density at radius 2 is 2.42 bits per heavy atom. The van der Waals surface area contributed by atoms with Gasteiger partial charge in [0.2, 0.25) is 5.82 Å². The number of aromatic nitrogens is 4. The van der Waals surface area contributed by atoms with Gasteiger partial charge in [-0.05, 0) is 11.3 Å². The molecular formula is C10H7N7O2. The Balaban J connectivity index is 2.20. The molecule has 1 aromatic carbocycles. The van der Waals surface area contributed by atoms with Gasteiger partial charge < -0.3 is 5.32 Å². The Morgan fingerprint density at radius 1 is 1.58 bits per heavy atom. The molecule has 0 radical (unpaired) electrons. The number of aromatic amines is 1. The average molecular weight is 257 g/mol. The summed E-state index contributed by atoms with van der Waals surface area (Å²) < 4.78 is 0. The third-order valence-corrected chi connectivity index (χ3v) is 2.15. The average Bonchev–Trinajstić information content (AvgIpc) is 2.94. The number of hydrogen-bond donors (Lipinski definition) is 2. The van der Waals surface area contributed by atoms with Crippen LogP contribution in [0.2, 0.25) is 0 Å². The molecule has 1 heterocycles. The van der Waals surface area contributed by atoms with Gasteiger partial charge in [0.25, 0.3) is 5.69 Å². The minimum Gasteiger partial charge on any atom is -0.360 e. The molecule has 2 aromatic rings. The van der Waals surface area contributed by atoms with Crippen molar-refractivity contribution in [3.63, 3.8) is 0 Å². The first-order valence-corrected chi connectivity index (χ1v) is 5.06. The molecule has 0 fully saturated rings. The molecule has 0 aliphatic heterocycles. The van der Waals surface area contributed by atoms with E-state index in [1.54, 1.807) is 6.07 Å². The number of allylic oxidation sites excluding steroid dienone is 1. The normalized spacial score (nSPS) is 10.8. The lowest BCUT2D eigenvalue weighted by Gasteiger charge is -2.00. The lowest BCUT2D eigenvalue weighted by atomic mass is 10.2. The van der Waals surface area contributed by atoms with Crippen LogP contribution in [0.5, 0.6) is 0 Å². The molecule has 0 spiro atoms. The van der Waals surface area contributed by atoms with Gasteiger partial charge in [0.15, 0.2) is 0 Å². The van der Waals surface area contributed by atoms with Crippen molar-refractivity contribution in [3.8, 4) is 6.07 Å². The Labute approximate surface area is 106 Å². The van der Waals surface area contributed by atoms with Gasteiger partial charge in [0.1, 0.15) is 11.6 Å². The molecule has 0 aliphatic carbocycles. The number of nitro groups is 1. The number of nitriles is 1. The van der Waals surface area contributed by atoms with Gasteiger partial charge in [-0.1, -0.05) is 6.07 Å². The summed E-state index contributed by atoms with van der Waals surface area (Å²) in [5, 5.41) is 35.2. The van der Waals surface area contributed by atoms with Crippen molar-refractivity contribution in [3.05, 3.63) is 46.4 Å². The molecule has 19 heavy (non-hydrogen) atoms.